The van der Waals surface area contributed by atoms with Crippen LogP contribution in [-0.2, 0) is 9.53 Å². The van der Waals surface area contributed by atoms with Crippen LogP contribution in [-0.4, -0.2) is 24.4 Å². The first-order chi connectivity index (χ1) is 12.0. The molecule has 1 N–H and O–H groups in total. The molecular weight excluding hydrogens is 358 g/mol. The van der Waals surface area contributed by atoms with Gasteiger partial charge < -0.3 is 10.1 Å². The predicted octanol–water partition coefficient (Wildman–Crippen LogP) is 5.17. The van der Waals surface area contributed by atoms with Crippen LogP contribution in [0.3, 0.4) is 0 Å². The van der Waals surface area contributed by atoms with Crippen LogP contribution in [0.4, 0.5) is 5.00 Å². The summed E-state index contributed by atoms with van der Waals surface area (Å²) in [7, 11) is 0. The molecule has 0 aliphatic rings. The lowest BCUT2D eigenvalue weighted by atomic mass is 9.97. The second-order valence-electron chi connectivity index (χ2n) is 5.73. The van der Waals surface area contributed by atoms with Crippen molar-refractivity contribution in [3.05, 3.63) is 40.3 Å². The van der Waals surface area contributed by atoms with Crippen LogP contribution in [0.5, 0.6) is 0 Å². The highest BCUT2D eigenvalue weighted by Crippen LogP contribution is 2.38. The van der Waals surface area contributed by atoms with E-state index in [2.05, 4.69) is 11.4 Å². The highest BCUT2D eigenvalue weighted by atomic mass is 35.5. The zero-order chi connectivity index (χ0) is 18.4. The lowest BCUT2D eigenvalue weighted by Crippen LogP contribution is -2.14. The van der Waals surface area contributed by atoms with Crippen LogP contribution in [0.1, 0.15) is 41.3 Å². The molecule has 25 heavy (non-hydrogen) atoms. The van der Waals surface area contributed by atoms with E-state index in [0.29, 0.717) is 29.3 Å². The number of halogens is 1. The van der Waals surface area contributed by atoms with Crippen molar-refractivity contribution < 1.29 is 14.3 Å². The number of hydrogen-bond acceptors (Lipinski definition) is 4. The minimum Gasteiger partial charge on any atom is -0.462 e. The van der Waals surface area contributed by atoms with Gasteiger partial charge in [-0.2, -0.15) is 0 Å². The van der Waals surface area contributed by atoms with E-state index in [1.54, 1.807) is 6.92 Å². The molecule has 0 aliphatic heterocycles. The van der Waals surface area contributed by atoms with Crippen LogP contribution < -0.4 is 5.32 Å². The molecule has 1 aromatic carbocycles. The second-order valence-corrected chi connectivity index (χ2v) is 6.99. The first-order valence-electron chi connectivity index (χ1n) is 8.20. The molecule has 0 spiro atoms. The van der Waals surface area contributed by atoms with Crippen molar-refractivity contribution in [3.8, 4) is 11.1 Å². The highest BCUT2D eigenvalue weighted by molar-refractivity contribution is 7.15. The molecule has 0 atom stereocenters. The average Bonchev–Trinajstić information content (AvgIpc) is 2.96. The van der Waals surface area contributed by atoms with Crippen LogP contribution in [0.25, 0.3) is 11.1 Å². The first kappa shape index (κ1) is 19.5. The fraction of sp³-hybridized carbons (Fsp3) is 0.368. The Bertz CT molecular complexity index is 770. The van der Waals surface area contributed by atoms with E-state index in [9.17, 15) is 9.59 Å². The van der Waals surface area contributed by atoms with E-state index in [0.717, 1.165) is 22.3 Å². The number of carbonyl (C=O) groups is 2. The Morgan fingerprint density at radius 2 is 2.00 bits per heavy atom. The smallest absolute Gasteiger partial charge is 0.341 e. The van der Waals surface area contributed by atoms with Gasteiger partial charge in [-0.05, 0) is 38.3 Å². The lowest BCUT2D eigenvalue weighted by molar-refractivity contribution is -0.116. The van der Waals surface area contributed by atoms with Crippen molar-refractivity contribution in [2.75, 3.05) is 17.8 Å². The fourth-order valence-corrected chi connectivity index (χ4v) is 3.68. The summed E-state index contributed by atoms with van der Waals surface area (Å²) in [6.45, 7) is 6.08. The normalized spacial score (nSPS) is 10.6. The minimum absolute atomic E-state index is 0.153. The van der Waals surface area contributed by atoms with Crippen molar-refractivity contribution in [2.45, 2.75) is 33.6 Å². The molecule has 0 fully saturated rings. The molecule has 0 saturated heterocycles. The Balaban J connectivity index is 2.43. The van der Waals surface area contributed by atoms with E-state index in [-0.39, 0.29) is 12.5 Å². The monoisotopic (exact) mass is 379 g/mol. The number of benzene rings is 1. The van der Waals surface area contributed by atoms with E-state index in [1.165, 1.54) is 11.3 Å². The minimum atomic E-state index is -0.425. The van der Waals surface area contributed by atoms with Crippen molar-refractivity contribution in [1.82, 2.24) is 0 Å². The Morgan fingerprint density at radius 3 is 2.64 bits per heavy atom. The molecule has 134 valence electrons. The van der Waals surface area contributed by atoms with Gasteiger partial charge in [-0.3, -0.25) is 4.79 Å². The molecule has 0 aliphatic carbocycles. The number of alkyl halides is 1. The molecule has 1 amide bonds. The summed E-state index contributed by atoms with van der Waals surface area (Å²) in [4.78, 5) is 24.6. The largest absolute Gasteiger partial charge is 0.462 e. The summed E-state index contributed by atoms with van der Waals surface area (Å²) in [5.74, 6) is -0.150. The maximum absolute atomic E-state index is 12.5. The van der Waals surface area contributed by atoms with Gasteiger partial charge >= 0.3 is 5.97 Å². The number of hydrogen-bond donors (Lipinski definition) is 1. The van der Waals surface area contributed by atoms with Gasteiger partial charge in [0.05, 0.1) is 6.61 Å². The molecule has 0 bridgehead atoms. The van der Waals surface area contributed by atoms with Gasteiger partial charge in [0.25, 0.3) is 0 Å². The summed E-state index contributed by atoms with van der Waals surface area (Å²) < 4.78 is 5.21. The molecule has 1 aromatic heterocycles. The number of rotatable bonds is 7. The third-order valence-corrected chi connectivity index (χ3v) is 4.90. The quantitative estimate of drug-likeness (QED) is 0.533. The summed E-state index contributed by atoms with van der Waals surface area (Å²) in [6.07, 6.45) is 0.917. The zero-order valence-corrected chi connectivity index (χ0v) is 16.2. The molecule has 0 unspecified atom stereocenters. The number of esters is 1. The summed E-state index contributed by atoms with van der Waals surface area (Å²) in [5.41, 5.74) is 4.39. The molecule has 0 saturated carbocycles. The Hall–Kier alpha value is -1.85. The van der Waals surface area contributed by atoms with Crippen molar-refractivity contribution >= 4 is 39.8 Å². The molecule has 6 heteroatoms. The summed E-state index contributed by atoms with van der Waals surface area (Å²) >= 11 is 6.97. The molecule has 2 rings (SSSR count). The molecule has 0 radical (unpaired) electrons. The van der Waals surface area contributed by atoms with Gasteiger partial charge in [-0.1, -0.05) is 23.8 Å². The third kappa shape index (κ3) is 4.83. The highest BCUT2D eigenvalue weighted by Gasteiger charge is 2.23. The first-order valence-corrected chi connectivity index (χ1v) is 9.61. The van der Waals surface area contributed by atoms with Crippen molar-refractivity contribution in [1.29, 1.82) is 0 Å². The number of ether oxygens (including phenoxy) is 1. The molecular formula is C19H22ClNO3S. The second kappa shape index (κ2) is 9.02. The fourth-order valence-electron chi connectivity index (χ4n) is 2.59. The maximum Gasteiger partial charge on any atom is 0.341 e. The maximum atomic E-state index is 12.5. The van der Waals surface area contributed by atoms with Gasteiger partial charge in [-0.25, -0.2) is 4.79 Å². The van der Waals surface area contributed by atoms with Gasteiger partial charge in [0.2, 0.25) is 5.91 Å². The van der Waals surface area contributed by atoms with E-state index in [4.69, 9.17) is 16.3 Å². The van der Waals surface area contributed by atoms with E-state index < -0.39 is 5.97 Å². The van der Waals surface area contributed by atoms with Crippen molar-refractivity contribution in [2.24, 2.45) is 0 Å². The average molecular weight is 380 g/mol. The number of carbonyl (C=O) groups excluding carboxylic acids is 2. The molecule has 4 nitrogen and oxygen atoms in total. The predicted molar refractivity (Wildman–Crippen MR) is 104 cm³/mol. The van der Waals surface area contributed by atoms with Gasteiger partial charge in [0.15, 0.2) is 0 Å². The van der Waals surface area contributed by atoms with Crippen molar-refractivity contribution in [3.63, 3.8) is 0 Å². The van der Waals surface area contributed by atoms with E-state index >= 15 is 0 Å². The number of aryl methyl sites for hydroxylation is 2. The number of nitrogens with one attached hydrogen (secondary N) is 1. The lowest BCUT2D eigenvalue weighted by Gasteiger charge is -2.10. The molecule has 1 heterocycles. The van der Waals surface area contributed by atoms with Crippen LogP contribution in [0.2, 0.25) is 0 Å². The van der Waals surface area contributed by atoms with Gasteiger partial charge in [0, 0.05) is 23.2 Å². The standard InChI is InChI=1S/C19H22ClNO3S/c1-4-24-19(23)17-15(14-8-7-12(2)10-13(14)3)11-25-18(17)21-16(22)6-5-9-20/h7-8,10-11H,4-6,9H2,1-3H3,(H,21,22). The van der Waals surface area contributed by atoms with Crippen LogP contribution in [0, 0.1) is 13.8 Å². The number of anilines is 1. The van der Waals surface area contributed by atoms with Gasteiger partial charge in [0.1, 0.15) is 10.6 Å². The Labute approximate surface area is 157 Å². The summed E-state index contributed by atoms with van der Waals surface area (Å²) in [5, 5.41) is 5.24. The molecule has 2 aromatic rings. The van der Waals surface area contributed by atoms with Crippen LogP contribution >= 0.6 is 22.9 Å². The SMILES string of the molecule is CCOC(=O)c1c(-c2ccc(C)cc2C)csc1NC(=O)CCCCl. The summed E-state index contributed by atoms with van der Waals surface area (Å²) in [6, 6.07) is 6.07. The van der Waals surface area contributed by atoms with Gasteiger partial charge in [-0.15, -0.1) is 22.9 Å². The van der Waals surface area contributed by atoms with Crippen LogP contribution in [0.15, 0.2) is 23.6 Å². The third-order valence-electron chi connectivity index (χ3n) is 3.73. The Kier molecular flexibility index (Phi) is 7.02. The van der Waals surface area contributed by atoms with E-state index in [1.807, 2.05) is 31.4 Å². The number of amides is 1. The topological polar surface area (TPSA) is 55.4 Å². The number of thiophene rings is 1. The Morgan fingerprint density at radius 1 is 1.24 bits per heavy atom. The zero-order valence-electron chi connectivity index (χ0n) is 14.6.